The summed E-state index contributed by atoms with van der Waals surface area (Å²) in [6, 6.07) is 12.8. The van der Waals surface area contributed by atoms with Crippen molar-refractivity contribution in [2.45, 2.75) is 43.0 Å². The Balaban J connectivity index is 1.52. The maximum atomic E-state index is 6.48. The van der Waals surface area contributed by atoms with E-state index in [1.54, 1.807) is 32.4 Å². The molecule has 10 heteroatoms. The highest BCUT2D eigenvalue weighted by Crippen LogP contribution is 2.37. The third kappa shape index (κ3) is 7.51. The molecule has 38 heavy (non-hydrogen) atoms. The number of rotatable bonds is 12. The molecule has 0 aliphatic heterocycles. The Kier molecular flexibility index (Phi) is 10.5. The van der Waals surface area contributed by atoms with Crippen molar-refractivity contribution in [2.75, 3.05) is 52.1 Å². The molecule has 1 heterocycles. The zero-order valence-electron chi connectivity index (χ0n) is 22.5. The summed E-state index contributed by atoms with van der Waals surface area (Å²) in [4.78, 5) is 10.2. The summed E-state index contributed by atoms with van der Waals surface area (Å²) in [5.74, 6) is 1.83. The second kappa shape index (κ2) is 14.0. The van der Waals surface area contributed by atoms with E-state index >= 15 is 0 Å². The van der Waals surface area contributed by atoms with Gasteiger partial charge in [0.15, 0.2) is 5.82 Å². The van der Waals surface area contributed by atoms with Crippen molar-refractivity contribution < 1.29 is 9.47 Å². The number of nitrogens with one attached hydrogen (secondary N) is 3. The summed E-state index contributed by atoms with van der Waals surface area (Å²) < 4.78 is 13.1. The first-order chi connectivity index (χ1) is 18.5. The van der Waals surface area contributed by atoms with Crippen LogP contribution < -0.4 is 20.7 Å². The predicted octanol–water partition coefficient (Wildman–Crippen LogP) is 6.07. The van der Waals surface area contributed by atoms with Gasteiger partial charge in [0.05, 0.1) is 24.7 Å². The van der Waals surface area contributed by atoms with Crippen molar-refractivity contribution in [3.05, 3.63) is 58.7 Å². The minimum Gasteiger partial charge on any atom is -0.494 e. The largest absolute Gasteiger partial charge is 0.494 e. The van der Waals surface area contributed by atoms with Crippen molar-refractivity contribution in [3.8, 4) is 5.75 Å². The molecule has 0 radical (unpaired) electrons. The Bertz CT molecular complexity index is 1210. The lowest BCUT2D eigenvalue weighted by Gasteiger charge is -2.19. The summed E-state index contributed by atoms with van der Waals surface area (Å²) >= 11 is 8.10. The quantitative estimate of drug-likeness (QED) is 0.140. The molecule has 1 aliphatic carbocycles. The number of benzene rings is 2. The number of hydrogen-bond acceptors (Lipinski definition) is 9. The molecule has 3 aromatic rings. The lowest BCUT2D eigenvalue weighted by atomic mass is 9.99. The second-order valence-corrected chi connectivity index (χ2v) is 11.2. The maximum Gasteiger partial charge on any atom is 0.229 e. The SMILES string of the molecule is COCCCNC1CCCc2c(ccc(Nc3ncc(Cl)c(Nc4ccccc4SN(C)C)n3)c2OC)C1. The minimum atomic E-state index is 0.443. The number of anilines is 4. The van der Waals surface area contributed by atoms with Gasteiger partial charge in [0.1, 0.15) is 10.8 Å². The van der Waals surface area contributed by atoms with E-state index in [1.165, 1.54) is 11.1 Å². The normalized spacial score (nSPS) is 15.2. The number of ether oxygens (including phenoxy) is 2. The Hall–Kier alpha value is -2.56. The molecule has 1 atom stereocenters. The fourth-order valence-electron chi connectivity index (χ4n) is 4.66. The molecule has 1 aromatic heterocycles. The van der Waals surface area contributed by atoms with Crippen molar-refractivity contribution in [3.63, 3.8) is 0 Å². The van der Waals surface area contributed by atoms with Gasteiger partial charge in [-0.3, -0.25) is 4.31 Å². The number of fused-ring (bicyclic) bond motifs is 1. The van der Waals surface area contributed by atoms with Crippen LogP contribution in [0.5, 0.6) is 5.75 Å². The summed E-state index contributed by atoms with van der Waals surface area (Å²) in [5.41, 5.74) is 4.34. The third-order valence-electron chi connectivity index (χ3n) is 6.38. The van der Waals surface area contributed by atoms with Crippen LogP contribution in [0.25, 0.3) is 0 Å². The van der Waals surface area contributed by atoms with Crippen molar-refractivity contribution in [2.24, 2.45) is 0 Å². The van der Waals surface area contributed by atoms with E-state index in [-0.39, 0.29) is 0 Å². The van der Waals surface area contributed by atoms with Gasteiger partial charge in [0.2, 0.25) is 5.95 Å². The molecule has 8 nitrogen and oxygen atoms in total. The average molecular weight is 557 g/mol. The highest BCUT2D eigenvalue weighted by Gasteiger charge is 2.22. The van der Waals surface area contributed by atoms with E-state index < -0.39 is 0 Å². The molecule has 0 spiro atoms. The summed E-state index contributed by atoms with van der Waals surface area (Å²) in [6.45, 7) is 1.75. The molecule has 2 aromatic carbocycles. The van der Waals surface area contributed by atoms with Crippen LogP contribution in [-0.4, -0.2) is 61.8 Å². The molecule has 1 aliphatic rings. The van der Waals surface area contributed by atoms with Crippen LogP contribution in [-0.2, 0) is 17.6 Å². The summed E-state index contributed by atoms with van der Waals surface area (Å²) in [5, 5.41) is 10.9. The lowest BCUT2D eigenvalue weighted by molar-refractivity contribution is 0.193. The number of methoxy groups -OCH3 is 2. The fraction of sp³-hybridized carbons (Fsp3) is 0.429. The smallest absolute Gasteiger partial charge is 0.229 e. The van der Waals surface area contributed by atoms with E-state index in [2.05, 4.69) is 44.1 Å². The van der Waals surface area contributed by atoms with Gasteiger partial charge in [-0.1, -0.05) is 29.8 Å². The fourth-order valence-corrected chi connectivity index (χ4v) is 5.55. The van der Waals surface area contributed by atoms with E-state index in [1.807, 2.05) is 36.6 Å². The third-order valence-corrected chi connectivity index (χ3v) is 7.57. The van der Waals surface area contributed by atoms with Crippen LogP contribution in [0.15, 0.2) is 47.5 Å². The van der Waals surface area contributed by atoms with E-state index in [0.717, 1.165) is 67.3 Å². The molecular weight excluding hydrogens is 520 g/mol. The topological polar surface area (TPSA) is 83.6 Å². The van der Waals surface area contributed by atoms with Gasteiger partial charge in [0, 0.05) is 24.7 Å². The molecule has 0 fully saturated rings. The summed E-state index contributed by atoms with van der Waals surface area (Å²) in [6.07, 6.45) is 6.82. The molecule has 204 valence electrons. The van der Waals surface area contributed by atoms with Crippen molar-refractivity contribution in [1.82, 2.24) is 19.6 Å². The standard InChI is InChI=1S/C28H37ClN6O2S/c1-35(2)38-25-12-6-5-11-23(25)32-27-22(29)18-31-28(34-27)33-24-14-13-19-17-20(30-15-8-16-36-3)9-7-10-21(19)26(24)37-4/h5-6,11-14,18,20,30H,7-10,15-17H2,1-4H3,(H2,31,32,33,34). The van der Waals surface area contributed by atoms with Crippen LogP contribution in [0.2, 0.25) is 5.02 Å². The van der Waals surface area contributed by atoms with Crippen molar-refractivity contribution in [1.29, 1.82) is 0 Å². The van der Waals surface area contributed by atoms with Gasteiger partial charge in [-0.25, -0.2) is 4.98 Å². The minimum absolute atomic E-state index is 0.443. The maximum absolute atomic E-state index is 6.48. The molecule has 1 unspecified atom stereocenters. The van der Waals surface area contributed by atoms with Crippen molar-refractivity contribution >= 4 is 46.7 Å². The van der Waals surface area contributed by atoms with Gasteiger partial charge in [0.25, 0.3) is 0 Å². The van der Waals surface area contributed by atoms with E-state index in [0.29, 0.717) is 22.8 Å². The molecule has 4 rings (SSSR count). The predicted molar refractivity (Wildman–Crippen MR) is 158 cm³/mol. The molecular formula is C28H37ClN6O2S. The van der Waals surface area contributed by atoms with Gasteiger partial charge in [-0.15, -0.1) is 0 Å². The summed E-state index contributed by atoms with van der Waals surface area (Å²) in [7, 11) is 7.49. The van der Waals surface area contributed by atoms with Crippen LogP contribution in [0.1, 0.15) is 30.4 Å². The van der Waals surface area contributed by atoms with Crippen LogP contribution >= 0.6 is 23.5 Å². The van der Waals surface area contributed by atoms with Crippen LogP contribution in [0, 0.1) is 0 Å². The number of hydrogen-bond donors (Lipinski definition) is 3. The highest BCUT2D eigenvalue weighted by atomic mass is 35.5. The number of para-hydroxylation sites is 1. The Morgan fingerprint density at radius 3 is 2.74 bits per heavy atom. The lowest BCUT2D eigenvalue weighted by Crippen LogP contribution is -2.31. The molecule has 0 amide bonds. The van der Waals surface area contributed by atoms with Crippen LogP contribution in [0.3, 0.4) is 0 Å². The van der Waals surface area contributed by atoms with E-state index in [9.17, 15) is 0 Å². The van der Waals surface area contributed by atoms with Gasteiger partial charge in [-0.05, 0) is 94.0 Å². The van der Waals surface area contributed by atoms with Gasteiger partial charge in [-0.2, -0.15) is 4.98 Å². The molecule has 0 saturated carbocycles. The first kappa shape index (κ1) is 28.4. The Morgan fingerprint density at radius 1 is 1.11 bits per heavy atom. The second-order valence-electron chi connectivity index (χ2n) is 9.42. The molecule has 3 N–H and O–H groups in total. The number of aromatic nitrogens is 2. The number of nitrogens with zero attached hydrogens (tertiary/aromatic N) is 3. The van der Waals surface area contributed by atoms with E-state index in [4.69, 9.17) is 21.1 Å². The zero-order valence-corrected chi connectivity index (χ0v) is 24.1. The molecule has 0 bridgehead atoms. The monoisotopic (exact) mass is 556 g/mol. The highest BCUT2D eigenvalue weighted by molar-refractivity contribution is 7.97. The van der Waals surface area contributed by atoms with Gasteiger partial charge < -0.3 is 25.4 Å². The first-order valence-corrected chi connectivity index (χ1v) is 14.1. The van der Waals surface area contributed by atoms with Crippen LogP contribution in [0.4, 0.5) is 23.1 Å². The zero-order chi connectivity index (χ0) is 26.9. The first-order valence-electron chi connectivity index (χ1n) is 12.9. The Labute approximate surface area is 235 Å². The Morgan fingerprint density at radius 2 is 1.95 bits per heavy atom. The number of halogens is 1. The average Bonchev–Trinajstić information content (AvgIpc) is 3.11. The van der Waals surface area contributed by atoms with Gasteiger partial charge >= 0.3 is 0 Å². The molecule has 0 saturated heterocycles.